The zero-order valence-corrected chi connectivity index (χ0v) is 18.1. The number of carbonyl (C=O) groups is 2. The van der Waals surface area contributed by atoms with E-state index in [1.165, 1.54) is 21.6 Å². The van der Waals surface area contributed by atoms with Crippen molar-refractivity contribution in [3.63, 3.8) is 0 Å². The van der Waals surface area contributed by atoms with Crippen molar-refractivity contribution in [2.75, 3.05) is 65.9 Å². The number of carbonyl (C=O) groups excluding carboxylic acids is 2. The lowest BCUT2D eigenvalue weighted by molar-refractivity contribution is -0.122. The Morgan fingerprint density at radius 3 is 1.46 bits per heavy atom. The molecule has 0 saturated carbocycles. The Morgan fingerprint density at radius 2 is 1.15 bits per heavy atom. The first kappa shape index (κ1) is 25.5. The van der Waals surface area contributed by atoms with E-state index in [2.05, 4.69) is 20.4 Å². The van der Waals surface area contributed by atoms with Crippen LogP contribution in [0.4, 0.5) is 0 Å². The van der Waals surface area contributed by atoms with E-state index in [9.17, 15) is 9.59 Å². The third-order valence-electron chi connectivity index (χ3n) is 3.41. The summed E-state index contributed by atoms with van der Waals surface area (Å²) in [6.07, 6.45) is 1.79. The summed E-state index contributed by atoms with van der Waals surface area (Å²) in [6, 6.07) is -1.11. The van der Waals surface area contributed by atoms with E-state index in [0.29, 0.717) is 24.6 Å². The second-order valence-corrected chi connectivity index (χ2v) is 9.23. The van der Waals surface area contributed by atoms with Gasteiger partial charge in [-0.15, -0.1) is 0 Å². The highest BCUT2D eigenvalue weighted by atomic mass is 33.1. The summed E-state index contributed by atoms with van der Waals surface area (Å²) in [4.78, 5) is 27.8. The molecule has 0 unspecified atom stereocenters. The lowest BCUT2D eigenvalue weighted by Crippen LogP contribution is -2.43. The van der Waals surface area contributed by atoms with Crippen LogP contribution in [-0.2, 0) is 9.59 Å². The highest BCUT2D eigenvalue weighted by Crippen LogP contribution is 2.22. The third kappa shape index (κ3) is 14.6. The number of nitrogens with two attached hydrogens (primary N) is 2. The second-order valence-electron chi connectivity index (χ2n) is 6.68. The van der Waals surface area contributed by atoms with Gasteiger partial charge in [0, 0.05) is 24.6 Å². The molecule has 0 rings (SSSR count). The number of nitrogens with one attached hydrogen (secondary N) is 2. The van der Waals surface area contributed by atoms with Crippen LogP contribution in [0.5, 0.6) is 0 Å². The smallest absolute Gasteiger partial charge is 0.237 e. The first-order chi connectivity index (χ1) is 12.2. The molecule has 6 N–H and O–H groups in total. The van der Waals surface area contributed by atoms with Gasteiger partial charge in [-0.1, -0.05) is 21.6 Å². The van der Waals surface area contributed by atoms with E-state index >= 15 is 0 Å². The number of hydrogen-bond donors (Lipinski definition) is 4. The Labute approximate surface area is 165 Å². The van der Waals surface area contributed by atoms with E-state index in [0.717, 1.165) is 25.9 Å². The van der Waals surface area contributed by atoms with Gasteiger partial charge in [-0.2, -0.15) is 0 Å². The summed E-state index contributed by atoms with van der Waals surface area (Å²) in [5, 5.41) is 5.67. The molecule has 10 heteroatoms. The highest BCUT2D eigenvalue weighted by molar-refractivity contribution is 8.76. The van der Waals surface area contributed by atoms with Gasteiger partial charge in [0.05, 0.1) is 12.1 Å². The molecule has 0 bridgehead atoms. The first-order valence-electron chi connectivity index (χ1n) is 8.84. The van der Waals surface area contributed by atoms with Crippen molar-refractivity contribution >= 4 is 33.4 Å². The van der Waals surface area contributed by atoms with Gasteiger partial charge < -0.3 is 31.9 Å². The molecule has 2 amide bonds. The summed E-state index contributed by atoms with van der Waals surface area (Å²) in [5.41, 5.74) is 11.7. The Bertz CT molecular complexity index is 363. The minimum Gasteiger partial charge on any atom is -0.355 e. The van der Waals surface area contributed by atoms with Crippen LogP contribution in [0.25, 0.3) is 0 Å². The third-order valence-corrected chi connectivity index (χ3v) is 5.89. The molecular formula is C16H36N6O2S2. The van der Waals surface area contributed by atoms with Crippen LogP contribution in [0.15, 0.2) is 0 Å². The Hall–Kier alpha value is -0.520. The van der Waals surface area contributed by atoms with Crippen molar-refractivity contribution in [3.05, 3.63) is 0 Å². The topological polar surface area (TPSA) is 117 Å². The van der Waals surface area contributed by atoms with Crippen molar-refractivity contribution in [1.82, 2.24) is 20.4 Å². The van der Waals surface area contributed by atoms with Gasteiger partial charge in [0.15, 0.2) is 0 Å². The summed E-state index contributed by atoms with van der Waals surface area (Å²) in [7, 11) is 10.9. The largest absolute Gasteiger partial charge is 0.355 e. The molecule has 8 nitrogen and oxygen atoms in total. The number of nitrogens with zero attached hydrogens (tertiary/aromatic N) is 2. The fourth-order valence-corrected chi connectivity index (χ4v) is 4.12. The van der Waals surface area contributed by atoms with E-state index in [4.69, 9.17) is 11.5 Å². The van der Waals surface area contributed by atoms with E-state index in [-0.39, 0.29) is 11.8 Å². The van der Waals surface area contributed by atoms with Crippen LogP contribution < -0.4 is 22.1 Å². The first-order valence-corrected chi connectivity index (χ1v) is 11.3. The van der Waals surface area contributed by atoms with Crippen molar-refractivity contribution in [1.29, 1.82) is 0 Å². The zero-order valence-electron chi connectivity index (χ0n) is 16.5. The summed E-state index contributed by atoms with van der Waals surface area (Å²) >= 11 is 0. The molecule has 2 atom stereocenters. The van der Waals surface area contributed by atoms with Crippen LogP contribution in [0.1, 0.15) is 12.8 Å². The summed E-state index contributed by atoms with van der Waals surface area (Å²) in [5.74, 6) is 0.697. The standard InChI is InChI=1S/C16H36N6O2S2/c1-21(2)9-5-7-19-15(23)13(17)11-25-26-12-14(18)16(24)20-8-6-10-22(3)4/h13-14H,5-12,17-18H2,1-4H3,(H,19,23)(H,20,24)/t13-,14-/m0/s1. The molecule has 0 aliphatic carbocycles. The molecule has 0 heterocycles. The molecular weight excluding hydrogens is 372 g/mol. The van der Waals surface area contributed by atoms with Crippen molar-refractivity contribution in [3.8, 4) is 0 Å². The van der Waals surface area contributed by atoms with Crippen molar-refractivity contribution in [2.45, 2.75) is 24.9 Å². The maximum Gasteiger partial charge on any atom is 0.237 e. The summed E-state index contributed by atoms with van der Waals surface area (Å²) < 4.78 is 0. The van der Waals surface area contributed by atoms with E-state index in [1.807, 2.05) is 28.2 Å². The fraction of sp³-hybridized carbons (Fsp3) is 0.875. The Morgan fingerprint density at radius 1 is 0.808 bits per heavy atom. The van der Waals surface area contributed by atoms with Gasteiger partial charge in [-0.05, 0) is 54.1 Å². The average Bonchev–Trinajstić information content (AvgIpc) is 2.58. The monoisotopic (exact) mass is 408 g/mol. The Balaban J connectivity index is 3.72. The minimum absolute atomic E-state index is 0.139. The van der Waals surface area contributed by atoms with Crippen molar-refractivity contribution in [2.24, 2.45) is 11.5 Å². The number of hydrogen-bond acceptors (Lipinski definition) is 8. The molecule has 0 aromatic heterocycles. The lowest BCUT2D eigenvalue weighted by Gasteiger charge is -2.15. The maximum absolute atomic E-state index is 11.9. The molecule has 0 fully saturated rings. The molecule has 26 heavy (non-hydrogen) atoms. The van der Waals surface area contributed by atoms with Crippen molar-refractivity contribution < 1.29 is 9.59 Å². The quantitative estimate of drug-likeness (QED) is 0.205. The van der Waals surface area contributed by atoms with Crippen LogP contribution in [0.2, 0.25) is 0 Å². The van der Waals surface area contributed by atoms with Crippen LogP contribution in [0, 0.1) is 0 Å². The SMILES string of the molecule is CN(C)CCCNC(=O)[C@@H](N)CSSC[C@H](N)C(=O)NCCCN(C)C. The molecule has 0 aliphatic rings. The van der Waals surface area contributed by atoms with Crippen LogP contribution in [0.3, 0.4) is 0 Å². The second kappa shape index (κ2) is 15.5. The molecule has 154 valence electrons. The van der Waals surface area contributed by atoms with Gasteiger partial charge in [0.2, 0.25) is 11.8 Å². The number of rotatable bonds is 15. The zero-order chi connectivity index (χ0) is 19.9. The maximum atomic E-state index is 11.9. The average molecular weight is 409 g/mol. The highest BCUT2D eigenvalue weighted by Gasteiger charge is 2.16. The van der Waals surface area contributed by atoms with E-state index < -0.39 is 12.1 Å². The van der Waals surface area contributed by atoms with Gasteiger partial charge in [0.25, 0.3) is 0 Å². The minimum atomic E-state index is -0.553. The van der Waals surface area contributed by atoms with Gasteiger partial charge >= 0.3 is 0 Å². The molecule has 0 radical (unpaired) electrons. The molecule has 0 aromatic carbocycles. The lowest BCUT2D eigenvalue weighted by atomic mass is 10.3. The van der Waals surface area contributed by atoms with Gasteiger partial charge in [0.1, 0.15) is 0 Å². The molecule has 0 spiro atoms. The van der Waals surface area contributed by atoms with Crippen LogP contribution >= 0.6 is 21.6 Å². The predicted molar refractivity (Wildman–Crippen MR) is 113 cm³/mol. The number of amides is 2. The summed E-state index contributed by atoms with van der Waals surface area (Å²) in [6.45, 7) is 3.10. The Kier molecular flexibility index (Phi) is 15.2. The van der Waals surface area contributed by atoms with Gasteiger partial charge in [-0.25, -0.2) is 0 Å². The van der Waals surface area contributed by atoms with E-state index in [1.54, 1.807) is 0 Å². The van der Waals surface area contributed by atoms with Gasteiger partial charge in [-0.3, -0.25) is 9.59 Å². The predicted octanol–water partition coefficient (Wildman–Crippen LogP) is -0.842. The molecule has 0 saturated heterocycles. The normalized spacial score (nSPS) is 13.7. The fourth-order valence-electron chi connectivity index (χ4n) is 1.87. The molecule has 0 aliphatic heterocycles. The molecule has 0 aromatic rings. The van der Waals surface area contributed by atoms with Crippen LogP contribution in [-0.4, -0.2) is 99.6 Å².